The number of furan rings is 1. The van der Waals surface area contributed by atoms with Gasteiger partial charge < -0.3 is 4.42 Å². The molecule has 3 heterocycles. The van der Waals surface area contributed by atoms with Crippen LogP contribution in [0.1, 0.15) is 0 Å². The molecule has 3 aromatic heterocycles. The maximum atomic E-state index is 6.41. The van der Waals surface area contributed by atoms with Gasteiger partial charge in [0.1, 0.15) is 12.1 Å². The van der Waals surface area contributed by atoms with Crippen LogP contribution in [0.3, 0.4) is 0 Å². The Morgan fingerprint density at radius 2 is 1.53 bits per heavy atom. The predicted octanol–water partition coefficient (Wildman–Crippen LogP) is 7.18. The van der Waals surface area contributed by atoms with Crippen LogP contribution in [0, 0.1) is 0 Å². The van der Waals surface area contributed by atoms with Gasteiger partial charge in [0.15, 0.2) is 11.5 Å². The van der Waals surface area contributed by atoms with Crippen molar-refractivity contribution < 1.29 is 4.42 Å². The van der Waals surface area contributed by atoms with Crippen LogP contribution in [0.5, 0.6) is 0 Å². The molecule has 0 aliphatic rings. The summed E-state index contributed by atoms with van der Waals surface area (Å²) in [6, 6.07) is 25.3. The fourth-order valence-corrected chi connectivity index (χ4v) is 4.35. The zero-order chi connectivity index (χ0) is 21.7. The maximum absolute atomic E-state index is 6.41. The lowest BCUT2D eigenvalue weighted by atomic mass is 9.99. The fraction of sp³-hybridized carbons (Fsp3) is 0. The molecular weight excluding hydrogens is 443 g/mol. The van der Waals surface area contributed by atoms with E-state index >= 15 is 0 Å². The zero-order valence-corrected chi connectivity index (χ0v) is 18.0. The molecule has 0 aliphatic carbocycles. The average molecular weight is 457 g/mol. The van der Waals surface area contributed by atoms with E-state index in [0.717, 1.165) is 27.8 Å². The van der Waals surface area contributed by atoms with Crippen LogP contribution in [0.25, 0.3) is 50.6 Å². The molecule has 0 N–H and O–H groups in total. The lowest BCUT2D eigenvalue weighted by Gasteiger charge is -2.03. The van der Waals surface area contributed by atoms with E-state index in [-0.39, 0.29) is 0 Å². The summed E-state index contributed by atoms with van der Waals surface area (Å²) in [6.45, 7) is 0. The minimum Gasteiger partial charge on any atom is -0.437 e. The number of fused-ring (bicyclic) bond motifs is 3. The topological polar surface area (TPSA) is 56.2 Å². The Balaban J connectivity index is 1.68. The smallest absolute Gasteiger partial charge is 0.232 e. The van der Waals surface area contributed by atoms with E-state index in [0.29, 0.717) is 32.8 Å². The van der Waals surface area contributed by atoms with Crippen LogP contribution in [0.4, 0.5) is 0 Å². The van der Waals surface area contributed by atoms with Crippen molar-refractivity contribution >= 4 is 39.9 Å². The van der Waals surface area contributed by atoms with Gasteiger partial charge in [-0.15, -0.1) is 5.10 Å². The fourth-order valence-electron chi connectivity index (χ4n) is 3.86. The molecule has 0 radical (unpaired) electrons. The third-order valence-electron chi connectivity index (χ3n) is 5.30. The monoisotopic (exact) mass is 456 g/mol. The van der Waals surface area contributed by atoms with E-state index in [2.05, 4.69) is 10.1 Å². The van der Waals surface area contributed by atoms with E-state index in [1.807, 2.05) is 66.7 Å². The van der Waals surface area contributed by atoms with Crippen LogP contribution in [0.2, 0.25) is 10.0 Å². The number of aromatic nitrogens is 4. The molecule has 0 saturated heterocycles. The molecule has 0 amide bonds. The molecule has 0 spiro atoms. The van der Waals surface area contributed by atoms with Crippen molar-refractivity contribution in [1.82, 2.24) is 19.6 Å². The van der Waals surface area contributed by atoms with Gasteiger partial charge in [0.05, 0.1) is 10.4 Å². The Kier molecular flexibility index (Phi) is 4.45. The summed E-state index contributed by atoms with van der Waals surface area (Å²) in [5, 5.41) is 6.45. The number of rotatable bonds is 3. The van der Waals surface area contributed by atoms with Crippen LogP contribution in [-0.2, 0) is 0 Å². The van der Waals surface area contributed by atoms with Gasteiger partial charge in [-0.3, -0.25) is 0 Å². The first kappa shape index (κ1) is 19.0. The highest BCUT2D eigenvalue weighted by molar-refractivity contribution is 6.36. The molecule has 0 aliphatic heterocycles. The molecule has 0 unspecified atom stereocenters. The third-order valence-corrected chi connectivity index (χ3v) is 5.85. The number of hydrogen-bond acceptors (Lipinski definition) is 4. The van der Waals surface area contributed by atoms with Crippen molar-refractivity contribution in [1.29, 1.82) is 0 Å². The molecule has 3 aromatic carbocycles. The highest BCUT2D eigenvalue weighted by atomic mass is 35.5. The van der Waals surface area contributed by atoms with Gasteiger partial charge in [0, 0.05) is 21.7 Å². The van der Waals surface area contributed by atoms with Crippen molar-refractivity contribution in [2.75, 3.05) is 0 Å². The maximum Gasteiger partial charge on any atom is 0.232 e. The SMILES string of the molecule is Clc1ccc(-c2nc3c4c(-c5ccccc5)c(-c5ccccc5)oc4ncn3n2)c(Cl)c1. The second-order valence-electron chi connectivity index (χ2n) is 7.29. The Morgan fingerprint density at radius 1 is 0.812 bits per heavy atom. The molecule has 7 heteroatoms. The number of nitrogens with zero attached hydrogens (tertiary/aromatic N) is 4. The van der Waals surface area contributed by atoms with Gasteiger partial charge >= 0.3 is 0 Å². The molecule has 32 heavy (non-hydrogen) atoms. The quantitative estimate of drug-likeness (QED) is 0.283. The molecular formula is C25H14Cl2N4O. The molecule has 6 rings (SSSR count). The zero-order valence-electron chi connectivity index (χ0n) is 16.5. The summed E-state index contributed by atoms with van der Waals surface area (Å²) >= 11 is 12.5. The Bertz CT molecular complexity index is 1590. The number of hydrogen-bond donors (Lipinski definition) is 0. The molecule has 0 bridgehead atoms. The highest BCUT2D eigenvalue weighted by Crippen LogP contribution is 2.41. The predicted molar refractivity (Wildman–Crippen MR) is 127 cm³/mol. The minimum absolute atomic E-state index is 0.484. The van der Waals surface area contributed by atoms with E-state index in [1.165, 1.54) is 0 Å². The van der Waals surface area contributed by atoms with Crippen molar-refractivity contribution in [2.45, 2.75) is 0 Å². The second kappa shape index (κ2) is 7.48. The van der Waals surface area contributed by atoms with Gasteiger partial charge in [-0.05, 0) is 23.8 Å². The highest BCUT2D eigenvalue weighted by Gasteiger charge is 2.23. The minimum atomic E-state index is 0.484. The summed E-state index contributed by atoms with van der Waals surface area (Å²) in [4.78, 5) is 9.34. The van der Waals surface area contributed by atoms with E-state index in [1.54, 1.807) is 23.0 Å². The third kappa shape index (κ3) is 3.06. The van der Waals surface area contributed by atoms with Gasteiger partial charge in [-0.25, -0.2) is 14.5 Å². The van der Waals surface area contributed by atoms with Crippen LogP contribution < -0.4 is 0 Å². The Labute approximate surface area is 192 Å². The van der Waals surface area contributed by atoms with Crippen molar-refractivity contribution in [3.63, 3.8) is 0 Å². The van der Waals surface area contributed by atoms with E-state index < -0.39 is 0 Å². The first-order chi connectivity index (χ1) is 15.7. The van der Waals surface area contributed by atoms with Crippen LogP contribution >= 0.6 is 23.2 Å². The van der Waals surface area contributed by atoms with Gasteiger partial charge in [0.25, 0.3) is 0 Å². The molecule has 6 aromatic rings. The largest absolute Gasteiger partial charge is 0.437 e. The Morgan fingerprint density at radius 3 is 2.25 bits per heavy atom. The second-order valence-corrected chi connectivity index (χ2v) is 8.13. The first-order valence-corrected chi connectivity index (χ1v) is 10.7. The molecule has 0 atom stereocenters. The molecule has 0 fully saturated rings. The normalized spacial score (nSPS) is 11.4. The summed E-state index contributed by atoms with van der Waals surface area (Å²) < 4.78 is 7.92. The van der Waals surface area contributed by atoms with Crippen molar-refractivity contribution in [2.24, 2.45) is 0 Å². The molecule has 154 valence electrons. The van der Waals surface area contributed by atoms with Gasteiger partial charge in [-0.1, -0.05) is 83.9 Å². The summed E-state index contributed by atoms with van der Waals surface area (Å²) in [5.41, 5.74) is 4.72. The summed E-state index contributed by atoms with van der Waals surface area (Å²) in [7, 11) is 0. The van der Waals surface area contributed by atoms with Crippen molar-refractivity contribution in [3.8, 4) is 33.8 Å². The average Bonchev–Trinajstić information content (AvgIpc) is 3.41. The standard InChI is InChI=1S/C25H14Cl2N4O/c26-17-11-12-18(19(27)13-17)23-29-24-21-20(15-7-3-1-4-8-15)22(16-9-5-2-6-10-16)32-25(21)28-14-31(24)30-23/h1-14H. The lowest BCUT2D eigenvalue weighted by molar-refractivity contribution is 0.617. The lowest BCUT2D eigenvalue weighted by Crippen LogP contribution is -1.90. The van der Waals surface area contributed by atoms with Crippen LogP contribution in [0.15, 0.2) is 89.6 Å². The van der Waals surface area contributed by atoms with Gasteiger partial charge in [-0.2, -0.15) is 0 Å². The molecule has 0 saturated carbocycles. The Hall–Kier alpha value is -3.67. The van der Waals surface area contributed by atoms with E-state index in [4.69, 9.17) is 32.6 Å². The first-order valence-electron chi connectivity index (χ1n) is 9.93. The van der Waals surface area contributed by atoms with Gasteiger partial charge in [0.2, 0.25) is 5.71 Å². The summed E-state index contributed by atoms with van der Waals surface area (Å²) in [6.07, 6.45) is 1.60. The van der Waals surface area contributed by atoms with Crippen LogP contribution in [-0.4, -0.2) is 19.6 Å². The van der Waals surface area contributed by atoms with Crippen molar-refractivity contribution in [3.05, 3.63) is 95.2 Å². The molecule has 5 nitrogen and oxygen atoms in total. The summed E-state index contributed by atoms with van der Waals surface area (Å²) in [5.74, 6) is 1.23. The number of halogens is 2. The number of benzene rings is 3. The van der Waals surface area contributed by atoms with E-state index in [9.17, 15) is 0 Å².